The van der Waals surface area contributed by atoms with Gasteiger partial charge in [0.15, 0.2) is 5.75 Å². The van der Waals surface area contributed by atoms with Crippen LogP contribution in [0.3, 0.4) is 0 Å². The molecule has 20 heavy (non-hydrogen) atoms. The van der Waals surface area contributed by atoms with Gasteiger partial charge < -0.3 is 19.6 Å². The third-order valence-corrected chi connectivity index (χ3v) is 3.46. The number of ether oxygens (including phenoxy) is 2. The van der Waals surface area contributed by atoms with Crippen molar-refractivity contribution >= 4 is 28.2 Å². The fraction of sp³-hybridized carbons (Fsp3) is 0.400. The van der Waals surface area contributed by atoms with Crippen LogP contribution in [0.15, 0.2) is 28.7 Å². The highest BCUT2D eigenvalue weighted by molar-refractivity contribution is 7.80. The summed E-state index contributed by atoms with van der Waals surface area (Å²) in [4.78, 5) is 0.196. The fourth-order valence-electron chi connectivity index (χ4n) is 1.83. The van der Waals surface area contributed by atoms with Crippen LogP contribution in [0.25, 0.3) is 11.0 Å². The summed E-state index contributed by atoms with van der Waals surface area (Å²) >= 11 is 5.02. The molecule has 0 saturated carbocycles. The van der Waals surface area contributed by atoms with E-state index in [1.165, 1.54) is 0 Å². The number of rotatable bonds is 6. The second-order valence-electron chi connectivity index (χ2n) is 5.18. The lowest BCUT2D eigenvalue weighted by Crippen LogP contribution is -2.25. The Morgan fingerprint density at radius 3 is 2.70 bits per heavy atom. The normalized spacial score (nSPS) is 11.8. The largest absolute Gasteiger partial charge is 0.489 e. The van der Waals surface area contributed by atoms with Crippen molar-refractivity contribution in [3.8, 4) is 5.75 Å². The molecular weight excluding hydrogens is 274 g/mol. The Morgan fingerprint density at radius 2 is 2.05 bits per heavy atom. The maximum Gasteiger partial charge on any atom is 0.204 e. The van der Waals surface area contributed by atoms with Gasteiger partial charge in [-0.3, -0.25) is 0 Å². The molecule has 2 aromatic rings. The first-order valence-corrected chi connectivity index (χ1v) is 6.85. The molecule has 0 aliphatic carbocycles. The van der Waals surface area contributed by atoms with Crippen LogP contribution in [0, 0.1) is 0 Å². The van der Waals surface area contributed by atoms with E-state index in [1.54, 1.807) is 7.11 Å². The lowest BCUT2D eigenvalue weighted by atomic mass is 10.1. The van der Waals surface area contributed by atoms with Crippen LogP contribution in [0.2, 0.25) is 0 Å². The van der Waals surface area contributed by atoms with E-state index in [1.807, 2.05) is 38.1 Å². The molecule has 0 atom stereocenters. The molecule has 0 saturated heterocycles. The van der Waals surface area contributed by atoms with Gasteiger partial charge in [0.2, 0.25) is 5.76 Å². The fourth-order valence-corrected chi connectivity index (χ4v) is 1.96. The van der Waals surface area contributed by atoms with E-state index in [-0.39, 0.29) is 10.6 Å². The molecule has 5 heteroatoms. The zero-order chi connectivity index (χ0) is 14.8. The predicted octanol–water partition coefficient (Wildman–Crippen LogP) is 3.26. The Kier molecular flexibility index (Phi) is 4.30. The van der Waals surface area contributed by atoms with E-state index in [4.69, 9.17) is 31.8 Å². The molecule has 0 amide bonds. The molecule has 0 bridgehead atoms. The zero-order valence-electron chi connectivity index (χ0n) is 11.9. The second-order valence-corrected chi connectivity index (χ2v) is 5.62. The van der Waals surface area contributed by atoms with Crippen molar-refractivity contribution in [2.45, 2.75) is 25.9 Å². The Balaban J connectivity index is 2.24. The molecule has 2 N–H and O–H groups in total. The zero-order valence-corrected chi connectivity index (χ0v) is 12.8. The number of hydrogen-bond acceptors (Lipinski definition) is 4. The van der Waals surface area contributed by atoms with Crippen LogP contribution in [-0.4, -0.2) is 24.3 Å². The number of nitrogens with two attached hydrogens (primary N) is 1. The van der Waals surface area contributed by atoms with E-state index in [2.05, 4.69) is 0 Å². The first kappa shape index (κ1) is 14.8. The summed E-state index contributed by atoms with van der Waals surface area (Å²) < 4.78 is 16.9. The number of furan rings is 1. The van der Waals surface area contributed by atoms with E-state index in [0.29, 0.717) is 18.1 Å². The van der Waals surface area contributed by atoms with Gasteiger partial charge >= 0.3 is 0 Å². The molecule has 0 radical (unpaired) electrons. The Hall–Kier alpha value is -1.59. The highest BCUT2D eigenvalue weighted by atomic mass is 32.1. The Bertz CT molecular complexity index is 619. The third-order valence-electron chi connectivity index (χ3n) is 3.28. The van der Waals surface area contributed by atoms with Gasteiger partial charge in [-0.15, -0.1) is 0 Å². The molecular formula is C15H19NO3S. The summed E-state index contributed by atoms with van der Waals surface area (Å²) in [6.07, 6.45) is 0.750. The van der Waals surface area contributed by atoms with Crippen molar-refractivity contribution in [1.29, 1.82) is 0 Å². The minimum atomic E-state index is -0.233. The topological polar surface area (TPSA) is 57.6 Å². The summed E-state index contributed by atoms with van der Waals surface area (Å²) in [5.74, 6) is 1.04. The Morgan fingerprint density at radius 1 is 1.35 bits per heavy atom. The molecule has 0 spiro atoms. The summed E-state index contributed by atoms with van der Waals surface area (Å²) in [6, 6.07) is 7.61. The molecule has 108 valence electrons. The molecule has 1 aromatic carbocycles. The number of benzene rings is 1. The number of methoxy groups -OCH3 is 1. The van der Waals surface area contributed by atoms with Crippen LogP contribution < -0.4 is 10.5 Å². The summed E-state index contributed by atoms with van der Waals surface area (Å²) in [5.41, 5.74) is 6.18. The van der Waals surface area contributed by atoms with Crippen molar-refractivity contribution < 1.29 is 13.9 Å². The van der Waals surface area contributed by atoms with Crippen molar-refractivity contribution in [1.82, 2.24) is 0 Å². The quantitative estimate of drug-likeness (QED) is 0.828. The smallest absolute Gasteiger partial charge is 0.204 e. The second kappa shape index (κ2) is 5.81. The average molecular weight is 293 g/mol. The highest BCUT2D eigenvalue weighted by Crippen LogP contribution is 2.33. The average Bonchev–Trinajstić information content (AvgIpc) is 2.78. The maximum absolute atomic E-state index is 5.85. The predicted molar refractivity (Wildman–Crippen MR) is 83.3 cm³/mol. The first-order valence-electron chi connectivity index (χ1n) is 6.44. The molecule has 0 aliphatic heterocycles. The van der Waals surface area contributed by atoms with Crippen molar-refractivity contribution in [2.24, 2.45) is 5.73 Å². The summed E-state index contributed by atoms with van der Waals surface area (Å²) in [7, 11) is 1.69. The number of hydrogen-bond donors (Lipinski definition) is 1. The molecule has 0 aliphatic rings. The molecule has 0 fully saturated rings. The van der Waals surface area contributed by atoms with Crippen LogP contribution in [0.4, 0.5) is 0 Å². The Labute approximate surface area is 123 Å². The first-order chi connectivity index (χ1) is 9.44. The van der Waals surface area contributed by atoms with Crippen molar-refractivity contribution in [3.05, 3.63) is 30.0 Å². The van der Waals surface area contributed by atoms with Gasteiger partial charge in [-0.25, -0.2) is 0 Å². The summed E-state index contributed by atoms with van der Waals surface area (Å²) in [6.45, 7) is 4.52. The molecule has 0 unspecified atom stereocenters. The molecule has 1 aromatic heterocycles. The third kappa shape index (κ3) is 3.11. The van der Waals surface area contributed by atoms with Gasteiger partial charge in [0.25, 0.3) is 0 Å². The number of thiocarbonyl (C=S) groups is 1. The monoisotopic (exact) mass is 293 g/mol. The molecule has 4 nitrogen and oxygen atoms in total. The highest BCUT2D eigenvalue weighted by Gasteiger charge is 2.20. The minimum absolute atomic E-state index is 0.196. The SMILES string of the molecule is COC(C)(C)CCOc1c(C(N)=S)oc2ccccc12. The number of fused-ring (bicyclic) bond motifs is 1. The standard InChI is InChI=1S/C15H19NO3S/c1-15(2,17-3)8-9-18-12-10-6-4-5-7-11(10)19-13(12)14(16)20/h4-7H,8-9H2,1-3H3,(H2,16,20). The van der Waals surface area contributed by atoms with Gasteiger partial charge in [-0.1, -0.05) is 24.4 Å². The van der Waals surface area contributed by atoms with E-state index >= 15 is 0 Å². The van der Waals surface area contributed by atoms with Crippen LogP contribution in [0.5, 0.6) is 5.75 Å². The van der Waals surface area contributed by atoms with E-state index < -0.39 is 0 Å². The van der Waals surface area contributed by atoms with Crippen LogP contribution >= 0.6 is 12.2 Å². The number of para-hydroxylation sites is 1. The van der Waals surface area contributed by atoms with Gasteiger partial charge in [0, 0.05) is 13.5 Å². The molecule has 1 heterocycles. The van der Waals surface area contributed by atoms with Gasteiger partial charge in [-0.2, -0.15) is 0 Å². The van der Waals surface area contributed by atoms with Crippen LogP contribution in [-0.2, 0) is 4.74 Å². The lowest BCUT2D eigenvalue weighted by Gasteiger charge is -2.22. The van der Waals surface area contributed by atoms with E-state index in [0.717, 1.165) is 17.4 Å². The van der Waals surface area contributed by atoms with E-state index in [9.17, 15) is 0 Å². The van der Waals surface area contributed by atoms with Crippen LogP contribution in [0.1, 0.15) is 26.0 Å². The molecule has 2 rings (SSSR count). The lowest BCUT2D eigenvalue weighted by molar-refractivity contribution is 0.00549. The van der Waals surface area contributed by atoms with Gasteiger partial charge in [-0.05, 0) is 26.0 Å². The maximum atomic E-state index is 5.85. The summed E-state index contributed by atoms with van der Waals surface area (Å²) in [5, 5.41) is 0.880. The van der Waals surface area contributed by atoms with Gasteiger partial charge in [0.05, 0.1) is 17.6 Å². The van der Waals surface area contributed by atoms with Gasteiger partial charge in [0.1, 0.15) is 10.6 Å². The van der Waals surface area contributed by atoms with Crippen molar-refractivity contribution in [2.75, 3.05) is 13.7 Å². The minimum Gasteiger partial charge on any atom is -0.489 e. The van der Waals surface area contributed by atoms with Crippen molar-refractivity contribution in [3.63, 3.8) is 0 Å².